The van der Waals surface area contributed by atoms with Gasteiger partial charge >= 0.3 is 12.1 Å². The number of hydrogen-bond acceptors (Lipinski definition) is 2. The molecule has 0 aromatic heterocycles. The number of benzene rings is 1. The molecule has 1 unspecified atom stereocenters. The molecule has 0 amide bonds. The van der Waals surface area contributed by atoms with Gasteiger partial charge in [-0.15, -0.1) is 0 Å². The van der Waals surface area contributed by atoms with E-state index in [1.807, 2.05) is 6.92 Å². The van der Waals surface area contributed by atoms with Gasteiger partial charge in [-0.2, -0.15) is 13.2 Å². The summed E-state index contributed by atoms with van der Waals surface area (Å²) in [6.07, 6.45) is -0.560. The zero-order valence-electron chi connectivity index (χ0n) is 12.1. The number of carboxylic acid groups (broad SMARTS) is 1. The Kier molecular flexibility index (Phi) is 6.05. The van der Waals surface area contributed by atoms with Crippen LogP contribution in [0.3, 0.4) is 0 Å². The quantitative estimate of drug-likeness (QED) is 0.712. The lowest BCUT2D eigenvalue weighted by atomic mass is 10.1. The first-order chi connectivity index (χ1) is 9.75. The van der Waals surface area contributed by atoms with Crippen LogP contribution in [0.2, 0.25) is 0 Å². The number of carbonyl (C=O) groups is 1. The Balaban J connectivity index is 2.89. The van der Waals surface area contributed by atoms with Gasteiger partial charge in [0.2, 0.25) is 0 Å². The number of rotatable bonds is 7. The molecule has 0 bridgehead atoms. The monoisotopic (exact) mass is 303 g/mol. The molecule has 21 heavy (non-hydrogen) atoms. The summed E-state index contributed by atoms with van der Waals surface area (Å²) < 4.78 is 37.9. The highest BCUT2D eigenvalue weighted by Gasteiger charge is 2.31. The normalized spacial score (nSPS) is 13.0. The topological polar surface area (TPSA) is 49.3 Å². The number of alkyl halides is 3. The minimum absolute atomic E-state index is 0.00591. The maximum atomic E-state index is 12.6. The highest BCUT2D eigenvalue weighted by Crippen LogP contribution is 2.32. The van der Waals surface area contributed by atoms with Gasteiger partial charge in [-0.25, -0.2) is 4.79 Å². The molecule has 0 aliphatic carbocycles. The third-order valence-electron chi connectivity index (χ3n) is 3.22. The molecular weight excluding hydrogens is 283 g/mol. The summed E-state index contributed by atoms with van der Waals surface area (Å²) in [6.45, 7) is 3.97. The van der Waals surface area contributed by atoms with E-state index in [2.05, 4.69) is 12.2 Å². The Morgan fingerprint density at radius 1 is 1.33 bits per heavy atom. The summed E-state index contributed by atoms with van der Waals surface area (Å²) in [5.41, 5.74) is -1.09. The Morgan fingerprint density at radius 2 is 2.00 bits per heavy atom. The fourth-order valence-electron chi connectivity index (χ4n) is 2.06. The second-order valence-electron chi connectivity index (χ2n) is 5.10. The van der Waals surface area contributed by atoms with Crippen molar-refractivity contribution in [2.45, 2.75) is 51.7 Å². The zero-order chi connectivity index (χ0) is 16.0. The zero-order valence-corrected chi connectivity index (χ0v) is 12.1. The second kappa shape index (κ2) is 7.33. The lowest BCUT2D eigenvalue weighted by molar-refractivity contribution is -0.137. The van der Waals surface area contributed by atoms with Crippen molar-refractivity contribution < 1.29 is 23.1 Å². The molecule has 0 heterocycles. The molecule has 1 aromatic rings. The predicted octanol–water partition coefficient (Wildman–Crippen LogP) is 4.78. The van der Waals surface area contributed by atoms with Crippen LogP contribution in [0.1, 0.15) is 55.5 Å². The standard InChI is InChI=1S/C15H20F3NO2/c1-3-4-5-6-10(2)19-13-8-7-11(15(16,17)18)9-12(13)14(20)21/h7-10,19H,3-6H2,1-2H3,(H,20,21). The van der Waals surface area contributed by atoms with Gasteiger partial charge in [0.05, 0.1) is 11.1 Å². The molecule has 1 rings (SSSR count). The van der Waals surface area contributed by atoms with Crippen LogP contribution < -0.4 is 5.32 Å². The van der Waals surface area contributed by atoms with Crippen molar-refractivity contribution in [1.82, 2.24) is 0 Å². The van der Waals surface area contributed by atoms with Gasteiger partial charge in [-0.1, -0.05) is 26.2 Å². The van der Waals surface area contributed by atoms with Gasteiger partial charge in [-0.05, 0) is 31.5 Å². The fraction of sp³-hybridized carbons (Fsp3) is 0.533. The number of halogens is 3. The van der Waals surface area contributed by atoms with Crippen LogP contribution in [0.25, 0.3) is 0 Å². The van der Waals surface area contributed by atoms with Crippen LogP contribution in [0.15, 0.2) is 18.2 Å². The Bertz CT molecular complexity index is 486. The summed E-state index contributed by atoms with van der Waals surface area (Å²) in [4.78, 5) is 11.1. The van der Waals surface area contributed by atoms with E-state index in [-0.39, 0.29) is 17.3 Å². The van der Waals surface area contributed by atoms with E-state index < -0.39 is 17.7 Å². The van der Waals surface area contributed by atoms with Crippen molar-refractivity contribution in [2.75, 3.05) is 5.32 Å². The average Bonchev–Trinajstić information content (AvgIpc) is 2.37. The van der Waals surface area contributed by atoms with E-state index in [0.717, 1.165) is 31.7 Å². The van der Waals surface area contributed by atoms with E-state index in [0.29, 0.717) is 6.07 Å². The molecule has 1 atom stereocenters. The van der Waals surface area contributed by atoms with E-state index in [4.69, 9.17) is 5.11 Å². The van der Waals surface area contributed by atoms with E-state index in [9.17, 15) is 18.0 Å². The lowest BCUT2D eigenvalue weighted by Crippen LogP contribution is -2.18. The van der Waals surface area contributed by atoms with E-state index in [1.54, 1.807) is 0 Å². The molecule has 6 heteroatoms. The van der Waals surface area contributed by atoms with Crippen molar-refractivity contribution in [1.29, 1.82) is 0 Å². The maximum Gasteiger partial charge on any atom is 0.416 e. The van der Waals surface area contributed by atoms with Crippen molar-refractivity contribution in [3.8, 4) is 0 Å². The first kappa shape index (κ1) is 17.3. The molecule has 0 spiro atoms. The minimum atomic E-state index is -4.55. The maximum absolute atomic E-state index is 12.6. The summed E-state index contributed by atoms with van der Waals surface area (Å²) in [5.74, 6) is -1.37. The molecule has 0 fully saturated rings. The molecule has 3 nitrogen and oxygen atoms in total. The Morgan fingerprint density at radius 3 is 2.52 bits per heavy atom. The van der Waals surface area contributed by atoms with Crippen LogP contribution in [-0.2, 0) is 6.18 Å². The molecular formula is C15H20F3NO2. The number of hydrogen-bond donors (Lipinski definition) is 2. The SMILES string of the molecule is CCCCCC(C)Nc1ccc(C(F)(F)F)cc1C(=O)O. The second-order valence-corrected chi connectivity index (χ2v) is 5.10. The van der Waals surface area contributed by atoms with Gasteiger partial charge < -0.3 is 10.4 Å². The third-order valence-corrected chi connectivity index (χ3v) is 3.22. The van der Waals surface area contributed by atoms with Gasteiger partial charge in [0.1, 0.15) is 0 Å². The summed E-state index contributed by atoms with van der Waals surface area (Å²) >= 11 is 0. The average molecular weight is 303 g/mol. The fourth-order valence-corrected chi connectivity index (χ4v) is 2.06. The van der Waals surface area contributed by atoms with Crippen LogP contribution in [-0.4, -0.2) is 17.1 Å². The number of nitrogens with one attached hydrogen (secondary N) is 1. The molecule has 1 aromatic carbocycles. The molecule has 0 aliphatic heterocycles. The van der Waals surface area contributed by atoms with Gasteiger partial charge in [-0.3, -0.25) is 0 Å². The van der Waals surface area contributed by atoms with Crippen LogP contribution >= 0.6 is 0 Å². The molecule has 2 N–H and O–H groups in total. The van der Waals surface area contributed by atoms with E-state index >= 15 is 0 Å². The number of carboxylic acids is 1. The van der Waals surface area contributed by atoms with Crippen molar-refractivity contribution in [3.63, 3.8) is 0 Å². The number of anilines is 1. The lowest BCUT2D eigenvalue weighted by Gasteiger charge is -2.18. The number of aromatic carboxylic acids is 1. The van der Waals surface area contributed by atoms with Gasteiger partial charge in [0.15, 0.2) is 0 Å². The summed E-state index contributed by atoms with van der Waals surface area (Å²) in [6, 6.07) is 2.76. The summed E-state index contributed by atoms with van der Waals surface area (Å²) in [7, 11) is 0. The first-order valence-corrected chi connectivity index (χ1v) is 6.96. The van der Waals surface area contributed by atoms with Crippen LogP contribution in [0, 0.1) is 0 Å². The highest BCUT2D eigenvalue weighted by atomic mass is 19.4. The smallest absolute Gasteiger partial charge is 0.416 e. The Hall–Kier alpha value is -1.72. The van der Waals surface area contributed by atoms with Gasteiger partial charge in [0.25, 0.3) is 0 Å². The molecule has 0 saturated heterocycles. The van der Waals surface area contributed by atoms with Crippen LogP contribution in [0.5, 0.6) is 0 Å². The third kappa shape index (κ3) is 5.28. The predicted molar refractivity (Wildman–Crippen MR) is 75.6 cm³/mol. The molecule has 0 radical (unpaired) electrons. The molecule has 118 valence electrons. The summed E-state index contributed by atoms with van der Waals surface area (Å²) in [5, 5.41) is 12.1. The van der Waals surface area contributed by atoms with Crippen molar-refractivity contribution in [2.24, 2.45) is 0 Å². The number of unbranched alkanes of at least 4 members (excludes halogenated alkanes) is 2. The largest absolute Gasteiger partial charge is 0.478 e. The molecule has 0 saturated carbocycles. The molecule has 0 aliphatic rings. The Labute approximate surface area is 122 Å². The van der Waals surface area contributed by atoms with Gasteiger partial charge in [0, 0.05) is 11.7 Å². The van der Waals surface area contributed by atoms with Crippen LogP contribution in [0.4, 0.5) is 18.9 Å². The van der Waals surface area contributed by atoms with E-state index in [1.165, 1.54) is 6.07 Å². The van der Waals surface area contributed by atoms with Crippen molar-refractivity contribution in [3.05, 3.63) is 29.3 Å². The minimum Gasteiger partial charge on any atom is -0.478 e. The first-order valence-electron chi connectivity index (χ1n) is 6.96. The van der Waals surface area contributed by atoms with Crippen molar-refractivity contribution >= 4 is 11.7 Å². The highest BCUT2D eigenvalue weighted by molar-refractivity contribution is 5.94.